The van der Waals surface area contributed by atoms with Crippen molar-refractivity contribution in [2.45, 2.75) is 6.54 Å². The Morgan fingerprint density at radius 1 is 1.50 bits per heavy atom. The lowest BCUT2D eigenvalue weighted by atomic mass is 10.3. The first-order chi connectivity index (χ1) is 6.74. The van der Waals surface area contributed by atoms with Crippen molar-refractivity contribution in [3.63, 3.8) is 0 Å². The number of halogens is 1. The topological polar surface area (TPSA) is 64.1 Å². The van der Waals surface area contributed by atoms with E-state index in [1.165, 1.54) is 0 Å². The summed E-state index contributed by atoms with van der Waals surface area (Å²) < 4.78 is 2.70. The smallest absolute Gasteiger partial charge is 0.105 e. The highest BCUT2D eigenvalue weighted by Crippen LogP contribution is 2.28. The number of nitrogens with zero attached hydrogens (tertiary/aromatic N) is 2. The van der Waals surface area contributed by atoms with Crippen molar-refractivity contribution < 1.29 is 5.11 Å². The van der Waals surface area contributed by atoms with Gasteiger partial charge in [0.15, 0.2) is 0 Å². The van der Waals surface area contributed by atoms with E-state index in [0.29, 0.717) is 12.2 Å². The summed E-state index contributed by atoms with van der Waals surface area (Å²) in [6.45, 7) is 0.653. The quantitative estimate of drug-likeness (QED) is 0.797. The van der Waals surface area contributed by atoms with Gasteiger partial charge in [-0.2, -0.15) is 0 Å². The molecule has 1 aromatic heterocycles. The van der Waals surface area contributed by atoms with Gasteiger partial charge < -0.3 is 15.4 Å². The summed E-state index contributed by atoms with van der Waals surface area (Å²) in [6.07, 6.45) is 1.70. The zero-order valence-electron chi connectivity index (χ0n) is 7.44. The van der Waals surface area contributed by atoms with Crippen molar-refractivity contribution in [3.05, 3.63) is 22.9 Å². The zero-order valence-corrected chi connectivity index (χ0v) is 9.03. The molecule has 74 valence electrons. The molecule has 1 aromatic carbocycles. The fourth-order valence-electron chi connectivity index (χ4n) is 1.40. The van der Waals surface area contributed by atoms with Crippen LogP contribution in [0.4, 0.5) is 5.69 Å². The van der Waals surface area contributed by atoms with Crippen LogP contribution in [0.3, 0.4) is 0 Å². The van der Waals surface area contributed by atoms with Gasteiger partial charge in [-0.15, -0.1) is 0 Å². The molecule has 0 saturated heterocycles. The van der Waals surface area contributed by atoms with Crippen molar-refractivity contribution in [1.82, 2.24) is 9.55 Å². The molecule has 4 nitrogen and oxygen atoms in total. The Morgan fingerprint density at radius 2 is 2.29 bits per heavy atom. The molecule has 2 rings (SSSR count). The third kappa shape index (κ3) is 1.38. The molecular weight excluding hydrogens is 246 g/mol. The predicted molar refractivity (Wildman–Crippen MR) is 58.9 cm³/mol. The Morgan fingerprint density at radius 3 is 3.00 bits per heavy atom. The lowest BCUT2D eigenvalue weighted by Gasteiger charge is -2.02. The van der Waals surface area contributed by atoms with Crippen LogP contribution in [0, 0.1) is 0 Å². The molecule has 0 aliphatic rings. The van der Waals surface area contributed by atoms with E-state index in [4.69, 9.17) is 10.8 Å². The van der Waals surface area contributed by atoms with Crippen LogP contribution in [0.25, 0.3) is 11.0 Å². The van der Waals surface area contributed by atoms with Gasteiger partial charge >= 0.3 is 0 Å². The van der Waals surface area contributed by atoms with Gasteiger partial charge in [0, 0.05) is 12.2 Å². The number of imidazole rings is 1. The van der Waals surface area contributed by atoms with Gasteiger partial charge in [-0.1, -0.05) is 0 Å². The first kappa shape index (κ1) is 9.48. The van der Waals surface area contributed by atoms with Gasteiger partial charge in [-0.3, -0.25) is 0 Å². The molecule has 0 spiro atoms. The summed E-state index contributed by atoms with van der Waals surface area (Å²) >= 11 is 3.38. The summed E-state index contributed by atoms with van der Waals surface area (Å²) in [4.78, 5) is 4.22. The maximum atomic E-state index is 8.84. The third-order valence-electron chi connectivity index (χ3n) is 2.10. The van der Waals surface area contributed by atoms with Crippen molar-refractivity contribution in [2.75, 3.05) is 12.3 Å². The van der Waals surface area contributed by atoms with Gasteiger partial charge in [-0.25, -0.2) is 4.98 Å². The number of nitrogen functional groups attached to an aromatic ring is 1. The van der Waals surface area contributed by atoms with Gasteiger partial charge in [0.2, 0.25) is 0 Å². The highest BCUT2D eigenvalue weighted by atomic mass is 79.9. The molecule has 3 N–H and O–H groups in total. The number of anilines is 1. The molecule has 0 aliphatic carbocycles. The summed E-state index contributed by atoms with van der Waals surface area (Å²) in [6, 6.07) is 3.72. The van der Waals surface area contributed by atoms with Gasteiger partial charge in [-0.05, 0) is 28.1 Å². The second kappa shape index (κ2) is 3.59. The van der Waals surface area contributed by atoms with E-state index in [1.807, 2.05) is 16.7 Å². The first-order valence-corrected chi connectivity index (χ1v) is 5.03. The number of aromatic nitrogens is 2. The standard InChI is InChI=1S/C9H10BrN3O/c10-8-6(11)1-2-7-9(8)12-5-13(7)3-4-14/h1-2,5,14H,3-4,11H2. The molecule has 0 saturated carbocycles. The maximum Gasteiger partial charge on any atom is 0.105 e. The van der Waals surface area contributed by atoms with Crippen molar-refractivity contribution in [1.29, 1.82) is 0 Å². The molecule has 0 unspecified atom stereocenters. The van der Waals surface area contributed by atoms with Gasteiger partial charge in [0.25, 0.3) is 0 Å². The van der Waals surface area contributed by atoms with Crippen LogP contribution < -0.4 is 5.73 Å². The number of benzene rings is 1. The van der Waals surface area contributed by atoms with Gasteiger partial charge in [0.05, 0.1) is 22.9 Å². The van der Waals surface area contributed by atoms with E-state index < -0.39 is 0 Å². The molecule has 0 radical (unpaired) electrons. The van der Waals surface area contributed by atoms with Crippen LogP contribution in [-0.4, -0.2) is 21.3 Å². The lowest BCUT2D eigenvalue weighted by molar-refractivity contribution is 0.278. The Balaban J connectivity index is 2.64. The van der Waals surface area contributed by atoms with Crippen LogP contribution in [0.1, 0.15) is 0 Å². The van der Waals surface area contributed by atoms with Crippen LogP contribution in [0.2, 0.25) is 0 Å². The first-order valence-electron chi connectivity index (χ1n) is 4.23. The summed E-state index contributed by atoms with van der Waals surface area (Å²) in [5.41, 5.74) is 8.20. The van der Waals surface area contributed by atoms with E-state index >= 15 is 0 Å². The van der Waals surface area contributed by atoms with Crippen LogP contribution in [0.5, 0.6) is 0 Å². The third-order valence-corrected chi connectivity index (χ3v) is 2.93. The fourth-order valence-corrected chi connectivity index (χ4v) is 1.84. The number of hydrogen-bond acceptors (Lipinski definition) is 3. The SMILES string of the molecule is Nc1ccc2c(ncn2CCO)c1Br. The monoisotopic (exact) mass is 255 g/mol. The lowest BCUT2D eigenvalue weighted by Crippen LogP contribution is -1.99. The highest BCUT2D eigenvalue weighted by Gasteiger charge is 2.07. The molecule has 14 heavy (non-hydrogen) atoms. The van der Waals surface area contributed by atoms with Crippen molar-refractivity contribution in [2.24, 2.45) is 0 Å². The Kier molecular flexibility index (Phi) is 2.43. The minimum atomic E-state index is 0.105. The van der Waals surface area contributed by atoms with Crippen molar-refractivity contribution >= 4 is 32.7 Å². The van der Waals surface area contributed by atoms with E-state index in [0.717, 1.165) is 15.5 Å². The van der Waals surface area contributed by atoms with Crippen LogP contribution in [0.15, 0.2) is 22.9 Å². The minimum Gasteiger partial charge on any atom is -0.398 e. The number of hydrogen-bond donors (Lipinski definition) is 2. The second-order valence-electron chi connectivity index (χ2n) is 3.00. The number of nitrogens with two attached hydrogens (primary N) is 1. The molecule has 2 aromatic rings. The predicted octanol–water partition coefficient (Wildman–Crippen LogP) is 1.37. The molecule has 0 aliphatic heterocycles. The van der Waals surface area contributed by atoms with E-state index in [2.05, 4.69) is 20.9 Å². The largest absolute Gasteiger partial charge is 0.398 e. The van der Waals surface area contributed by atoms with E-state index in [9.17, 15) is 0 Å². The average Bonchev–Trinajstić information content (AvgIpc) is 2.57. The number of aliphatic hydroxyl groups excluding tert-OH is 1. The molecule has 0 bridgehead atoms. The number of aliphatic hydroxyl groups is 1. The number of rotatable bonds is 2. The number of fused-ring (bicyclic) bond motifs is 1. The molecular formula is C9H10BrN3O. The minimum absolute atomic E-state index is 0.105. The van der Waals surface area contributed by atoms with Crippen LogP contribution >= 0.6 is 15.9 Å². The summed E-state index contributed by atoms with van der Waals surface area (Å²) in [7, 11) is 0. The maximum absolute atomic E-state index is 8.84. The molecule has 1 heterocycles. The average molecular weight is 256 g/mol. The summed E-state index contributed by atoms with van der Waals surface area (Å²) in [5.74, 6) is 0. The van der Waals surface area contributed by atoms with Crippen LogP contribution in [-0.2, 0) is 6.54 Å². The highest BCUT2D eigenvalue weighted by molar-refractivity contribution is 9.10. The van der Waals surface area contributed by atoms with Gasteiger partial charge in [0.1, 0.15) is 5.52 Å². The normalized spacial score (nSPS) is 11.0. The van der Waals surface area contributed by atoms with E-state index in [1.54, 1.807) is 6.33 Å². The molecule has 0 amide bonds. The van der Waals surface area contributed by atoms with E-state index in [-0.39, 0.29) is 6.61 Å². The zero-order chi connectivity index (χ0) is 10.1. The molecule has 5 heteroatoms. The Hall–Kier alpha value is -1.07. The fraction of sp³-hybridized carbons (Fsp3) is 0.222. The Bertz CT molecular complexity index is 466. The summed E-state index contributed by atoms with van der Waals surface area (Å²) in [5, 5.41) is 8.84. The molecule has 0 atom stereocenters. The Labute approximate surface area is 89.5 Å². The second-order valence-corrected chi connectivity index (χ2v) is 3.79. The molecule has 0 fully saturated rings. The van der Waals surface area contributed by atoms with Crippen molar-refractivity contribution in [3.8, 4) is 0 Å².